The van der Waals surface area contributed by atoms with Gasteiger partial charge in [-0.25, -0.2) is 4.98 Å². The highest BCUT2D eigenvalue weighted by Gasteiger charge is 2.28. The molecule has 7 heteroatoms. The smallest absolute Gasteiger partial charge is 0.259 e. The number of carbonyl (C=O) groups is 1. The summed E-state index contributed by atoms with van der Waals surface area (Å²) in [5.74, 6) is 0.0775. The molecule has 4 rings (SSSR count). The fraction of sp³-hybridized carbons (Fsp3) is 0.350. The summed E-state index contributed by atoms with van der Waals surface area (Å²) in [4.78, 5) is 19.7. The van der Waals surface area contributed by atoms with E-state index in [1.165, 1.54) is 0 Å². The zero-order chi connectivity index (χ0) is 18.4. The van der Waals surface area contributed by atoms with Gasteiger partial charge in [-0.2, -0.15) is 0 Å². The van der Waals surface area contributed by atoms with E-state index in [1.807, 2.05) is 49.9 Å². The molecule has 0 radical (unpaired) electrons. The molecule has 1 aromatic carbocycles. The molecule has 2 N–H and O–H groups in total. The number of benzene rings is 1. The number of hydrogen-bond donors (Lipinski definition) is 1. The van der Waals surface area contributed by atoms with Crippen LogP contribution in [-0.2, 0) is 6.42 Å². The summed E-state index contributed by atoms with van der Waals surface area (Å²) < 4.78 is 5.41. The lowest BCUT2D eigenvalue weighted by atomic mass is 9.97. The minimum absolute atomic E-state index is 0. The Balaban J connectivity index is 0.00000210. The van der Waals surface area contributed by atoms with Crippen LogP contribution in [0.15, 0.2) is 28.8 Å². The van der Waals surface area contributed by atoms with Crippen LogP contribution in [0.2, 0.25) is 0 Å². The Kier molecular flexibility index (Phi) is 5.11. The third kappa shape index (κ3) is 3.14. The fourth-order valence-corrected chi connectivity index (χ4v) is 3.67. The summed E-state index contributed by atoms with van der Waals surface area (Å²) in [5, 5.41) is 4.87. The van der Waals surface area contributed by atoms with Crippen molar-refractivity contribution in [2.24, 2.45) is 0 Å². The third-order valence-electron chi connectivity index (χ3n) is 4.91. The monoisotopic (exact) mass is 386 g/mol. The van der Waals surface area contributed by atoms with Crippen molar-refractivity contribution in [3.05, 3.63) is 46.8 Å². The van der Waals surface area contributed by atoms with Gasteiger partial charge in [-0.15, -0.1) is 12.4 Å². The number of nitrogen functional groups attached to an aromatic ring is 1. The number of amides is 1. The Morgan fingerprint density at radius 3 is 2.85 bits per heavy atom. The summed E-state index contributed by atoms with van der Waals surface area (Å²) in [7, 11) is 0. The van der Waals surface area contributed by atoms with Crippen molar-refractivity contribution in [2.45, 2.75) is 39.5 Å². The van der Waals surface area contributed by atoms with Crippen LogP contribution in [0.5, 0.6) is 0 Å². The van der Waals surface area contributed by atoms with E-state index in [0.717, 1.165) is 41.2 Å². The number of carbonyl (C=O) groups excluding carboxylic acids is 1. The molecule has 0 atom stereocenters. The molecule has 3 heterocycles. The molecule has 1 aliphatic heterocycles. The molecule has 2 aromatic heterocycles. The third-order valence-corrected chi connectivity index (χ3v) is 4.91. The number of fused-ring (bicyclic) bond motifs is 2. The van der Waals surface area contributed by atoms with Gasteiger partial charge >= 0.3 is 0 Å². The maximum atomic E-state index is 13.5. The standard InChI is InChI=1S/C20H22N4O2.ClH/c1-11(2)18-17-14(10-12(3)22-19(17)26-23-18)20(25)24-9-5-6-13-15(21)7-4-8-16(13)24;/h4,7-8,10-11H,5-6,9,21H2,1-3H3;1H. The molecule has 1 aliphatic rings. The fourth-order valence-electron chi connectivity index (χ4n) is 3.67. The van der Waals surface area contributed by atoms with Gasteiger partial charge < -0.3 is 15.2 Å². The molecule has 0 unspecified atom stereocenters. The van der Waals surface area contributed by atoms with Crippen molar-refractivity contribution >= 4 is 40.8 Å². The van der Waals surface area contributed by atoms with Crippen LogP contribution in [0, 0.1) is 6.92 Å². The Hall–Kier alpha value is -2.60. The van der Waals surface area contributed by atoms with E-state index in [4.69, 9.17) is 10.3 Å². The van der Waals surface area contributed by atoms with Crippen LogP contribution in [-0.4, -0.2) is 22.6 Å². The van der Waals surface area contributed by atoms with Crippen molar-refractivity contribution in [3.63, 3.8) is 0 Å². The number of anilines is 2. The van der Waals surface area contributed by atoms with Crippen LogP contribution in [0.4, 0.5) is 11.4 Å². The summed E-state index contributed by atoms with van der Waals surface area (Å²) in [6.45, 7) is 6.58. The van der Waals surface area contributed by atoms with Crippen molar-refractivity contribution < 1.29 is 9.32 Å². The van der Waals surface area contributed by atoms with E-state index in [2.05, 4.69) is 10.1 Å². The summed E-state index contributed by atoms with van der Waals surface area (Å²) in [5.41, 5.74) is 11.3. The van der Waals surface area contributed by atoms with Gasteiger partial charge in [0.15, 0.2) is 0 Å². The SMILES string of the molecule is Cc1cc(C(=O)N2CCCc3c(N)cccc32)c2c(C(C)C)noc2n1.Cl. The number of nitrogens with two attached hydrogens (primary N) is 1. The van der Waals surface area contributed by atoms with Crippen molar-refractivity contribution in [1.82, 2.24) is 10.1 Å². The van der Waals surface area contributed by atoms with Gasteiger partial charge in [0.25, 0.3) is 11.6 Å². The Labute approximate surface area is 164 Å². The first kappa shape index (κ1) is 19.2. The maximum absolute atomic E-state index is 13.5. The number of halogens is 1. The molecule has 0 fully saturated rings. The second-order valence-corrected chi connectivity index (χ2v) is 7.12. The highest BCUT2D eigenvalue weighted by molar-refractivity contribution is 6.14. The maximum Gasteiger partial charge on any atom is 0.259 e. The van der Waals surface area contributed by atoms with Gasteiger partial charge in [0.05, 0.1) is 16.6 Å². The molecular weight excluding hydrogens is 364 g/mol. The van der Waals surface area contributed by atoms with Crippen molar-refractivity contribution in [1.29, 1.82) is 0 Å². The summed E-state index contributed by atoms with van der Waals surface area (Å²) in [6, 6.07) is 7.57. The Bertz CT molecular complexity index is 1010. The highest BCUT2D eigenvalue weighted by Crippen LogP contribution is 2.34. The van der Waals surface area contributed by atoms with Gasteiger partial charge in [0, 0.05) is 23.6 Å². The van der Waals surface area contributed by atoms with Crippen LogP contribution in [0.25, 0.3) is 11.1 Å². The minimum Gasteiger partial charge on any atom is -0.398 e. The average molecular weight is 387 g/mol. The molecule has 3 aromatic rings. The predicted octanol–water partition coefficient (Wildman–Crippen LogP) is 4.25. The van der Waals surface area contributed by atoms with E-state index in [9.17, 15) is 4.79 Å². The Morgan fingerprint density at radius 2 is 2.11 bits per heavy atom. The number of aryl methyl sites for hydroxylation is 1. The van der Waals surface area contributed by atoms with Gasteiger partial charge in [0.2, 0.25) is 0 Å². The lowest BCUT2D eigenvalue weighted by Crippen LogP contribution is -2.36. The van der Waals surface area contributed by atoms with E-state index in [0.29, 0.717) is 23.2 Å². The van der Waals surface area contributed by atoms with Gasteiger partial charge in [-0.1, -0.05) is 25.1 Å². The molecule has 27 heavy (non-hydrogen) atoms. The zero-order valence-electron chi connectivity index (χ0n) is 15.7. The quantitative estimate of drug-likeness (QED) is 0.665. The van der Waals surface area contributed by atoms with Gasteiger partial charge in [-0.3, -0.25) is 4.79 Å². The first-order valence-electron chi connectivity index (χ1n) is 8.93. The number of rotatable bonds is 2. The molecule has 0 bridgehead atoms. The average Bonchev–Trinajstić information content (AvgIpc) is 3.04. The molecule has 142 valence electrons. The first-order valence-corrected chi connectivity index (χ1v) is 8.93. The van der Waals surface area contributed by atoms with Crippen molar-refractivity contribution in [2.75, 3.05) is 17.2 Å². The minimum atomic E-state index is -0.0582. The largest absolute Gasteiger partial charge is 0.398 e. The number of hydrogen-bond acceptors (Lipinski definition) is 5. The molecule has 6 nitrogen and oxygen atoms in total. The number of pyridine rings is 1. The van der Waals surface area contributed by atoms with Crippen LogP contribution in [0.1, 0.15) is 53.5 Å². The molecule has 0 aliphatic carbocycles. The van der Waals surface area contributed by atoms with E-state index >= 15 is 0 Å². The van der Waals surface area contributed by atoms with Crippen molar-refractivity contribution in [3.8, 4) is 0 Å². The van der Waals surface area contributed by atoms with E-state index in [1.54, 1.807) is 0 Å². The number of nitrogens with zero attached hydrogens (tertiary/aromatic N) is 3. The normalized spacial score (nSPS) is 13.6. The summed E-state index contributed by atoms with van der Waals surface area (Å²) >= 11 is 0. The molecule has 1 amide bonds. The van der Waals surface area contributed by atoms with E-state index < -0.39 is 0 Å². The second-order valence-electron chi connectivity index (χ2n) is 7.12. The molecule has 0 saturated carbocycles. The van der Waals surface area contributed by atoms with Gasteiger partial charge in [0.1, 0.15) is 0 Å². The van der Waals surface area contributed by atoms with E-state index in [-0.39, 0.29) is 24.2 Å². The predicted molar refractivity (Wildman–Crippen MR) is 109 cm³/mol. The van der Waals surface area contributed by atoms with Crippen LogP contribution >= 0.6 is 12.4 Å². The topological polar surface area (TPSA) is 85.2 Å². The van der Waals surface area contributed by atoms with Crippen LogP contribution in [0.3, 0.4) is 0 Å². The highest BCUT2D eigenvalue weighted by atomic mass is 35.5. The van der Waals surface area contributed by atoms with Crippen LogP contribution < -0.4 is 10.6 Å². The Morgan fingerprint density at radius 1 is 1.33 bits per heavy atom. The number of aromatic nitrogens is 2. The van der Waals surface area contributed by atoms with Gasteiger partial charge in [-0.05, 0) is 49.4 Å². The second kappa shape index (κ2) is 7.19. The lowest BCUT2D eigenvalue weighted by molar-refractivity contribution is 0.0986. The molecule has 0 spiro atoms. The first-order chi connectivity index (χ1) is 12.5. The zero-order valence-corrected chi connectivity index (χ0v) is 16.5. The summed E-state index contributed by atoms with van der Waals surface area (Å²) in [6.07, 6.45) is 1.78. The lowest BCUT2D eigenvalue weighted by Gasteiger charge is -2.30. The molecule has 0 saturated heterocycles. The molecular formula is C20H23ClN4O2.